The van der Waals surface area contributed by atoms with Gasteiger partial charge in [0.15, 0.2) is 0 Å². The molecule has 12 atom stereocenters. The molecular weight excluding hydrogens is 665 g/mol. The number of carboxylic acid groups (broad SMARTS) is 1. The molecule has 53 heavy (non-hydrogen) atoms. The Labute approximate surface area is 320 Å². The van der Waals surface area contributed by atoms with Crippen molar-refractivity contribution in [1.82, 2.24) is 10.2 Å². The molecule has 1 saturated heterocycles. The first-order valence-corrected chi connectivity index (χ1v) is 21.3. The molecule has 1 aliphatic heterocycles. The number of hydrogen-bond donors (Lipinski definition) is 2. The zero-order chi connectivity index (χ0) is 38.9. The molecule has 2 amide bonds. The van der Waals surface area contributed by atoms with Crippen molar-refractivity contribution in [2.75, 3.05) is 13.1 Å². The fourth-order valence-corrected chi connectivity index (χ4v) is 14.7. The van der Waals surface area contributed by atoms with Gasteiger partial charge in [-0.25, -0.2) is 0 Å². The first kappa shape index (κ1) is 40.3. The largest absolute Gasteiger partial charge is 0.481 e. The van der Waals surface area contributed by atoms with Gasteiger partial charge in [-0.3, -0.25) is 19.2 Å². The van der Waals surface area contributed by atoms with Crippen molar-refractivity contribution in [3.8, 4) is 0 Å². The zero-order valence-electron chi connectivity index (χ0n) is 34.7. The number of carbonyl (C=O) groups excluding carboxylic acids is 3. The number of likely N-dealkylation sites (tertiary alicyclic amines) is 1. The summed E-state index contributed by atoms with van der Waals surface area (Å²) in [6, 6.07) is 0.0997. The van der Waals surface area contributed by atoms with Gasteiger partial charge in [0.2, 0.25) is 11.8 Å². The highest BCUT2D eigenvalue weighted by Gasteiger charge is 2.71. The van der Waals surface area contributed by atoms with Gasteiger partial charge in [-0.1, -0.05) is 46.8 Å². The van der Waals surface area contributed by atoms with Gasteiger partial charge in [-0.05, 0) is 155 Å². The normalized spacial score (nSPS) is 43.5. The van der Waals surface area contributed by atoms with Gasteiger partial charge in [0, 0.05) is 37.9 Å². The minimum atomic E-state index is -1.15. The number of ether oxygens (including phenoxy) is 1. The Morgan fingerprint density at radius 1 is 0.887 bits per heavy atom. The molecule has 0 unspecified atom stereocenters. The van der Waals surface area contributed by atoms with E-state index < -0.39 is 11.4 Å². The number of nitrogens with zero attached hydrogens (tertiary/aromatic N) is 1. The number of hydrogen-bond acceptors (Lipinski definition) is 5. The number of esters is 1. The van der Waals surface area contributed by atoms with Crippen molar-refractivity contribution in [2.45, 2.75) is 171 Å². The molecule has 8 nitrogen and oxygen atoms in total. The van der Waals surface area contributed by atoms with Gasteiger partial charge in [0.1, 0.15) is 6.10 Å². The number of aliphatic carboxylic acids is 1. The monoisotopic (exact) mass is 737 g/mol. The average Bonchev–Trinajstić information content (AvgIpc) is 3.70. The fourth-order valence-electron chi connectivity index (χ4n) is 14.7. The Morgan fingerprint density at radius 2 is 1.60 bits per heavy atom. The van der Waals surface area contributed by atoms with Crippen LogP contribution in [0.5, 0.6) is 0 Å². The van der Waals surface area contributed by atoms with Crippen LogP contribution in [0.2, 0.25) is 0 Å². The molecule has 8 heteroatoms. The number of allylic oxidation sites excluding steroid dienone is 1. The Bertz CT molecular complexity index is 1490. The van der Waals surface area contributed by atoms with E-state index in [2.05, 4.69) is 58.3 Å². The summed E-state index contributed by atoms with van der Waals surface area (Å²) >= 11 is 0. The Kier molecular flexibility index (Phi) is 10.6. The summed E-state index contributed by atoms with van der Waals surface area (Å²) in [6.07, 6.45) is 14.3. The van der Waals surface area contributed by atoms with Gasteiger partial charge in [0.05, 0.1) is 11.8 Å². The number of nitrogens with one attached hydrogen (secondary N) is 1. The van der Waals surface area contributed by atoms with E-state index in [1.165, 1.54) is 24.8 Å². The summed E-state index contributed by atoms with van der Waals surface area (Å²) < 4.78 is 6.28. The number of carbonyl (C=O) groups is 4. The minimum absolute atomic E-state index is 0.00818. The predicted molar refractivity (Wildman–Crippen MR) is 208 cm³/mol. The van der Waals surface area contributed by atoms with Gasteiger partial charge in [0.25, 0.3) is 0 Å². The van der Waals surface area contributed by atoms with E-state index in [9.17, 15) is 24.3 Å². The summed E-state index contributed by atoms with van der Waals surface area (Å²) in [5.41, 5.74) is 0.439. The molecule has 298 valence electrons. The second-order valence-electron chi connectivity index (χ2n) is 20.8. The summed E-state index contributed by atoms with van der Waals surface area (Å²) in [7, 11) is 0. The lowest BCUT2D eigenvalue weighted by Gasteiger charge is -2.73. The molecule has 0 aromatic carbocycles. The maximum absolute atomic E-state index is 14.3. The minimum Gasteiger partial charge on any atom is -0.481 e. The molecule has 5 aliphatic carbocycles. The molecule has 6 rings (SSSR count). The fraction of sp³-hybridized carbons (Fsp3) is 0.867. The summed E-state index contributed by atoms with van der Waals surface area (Å²) in [4.78, 5) is 53.2. The van der Waals surface area contributed by atoms with E-state index in [1.54, 1.807) is 20.8 Å². The Balaban J connectivity index is 1.25. The Hall–Kier alpha value is -2.38. The lowest BCUT2D eigenvalue weighted by molar-refractivity contribution is -0.253. The standard InChI is InChI=1S/C45H72N2O6/c1-11-41(7)33-17-20-44(10)34(42(33,8)19-18-35(41)53-37(50)26-40(5,6)39(51)52)15-14-32-38-31(28(2)3)16-21-45(38,23-22-43(32,44)9)25-36(49)47-24-12-13-30(47)27-46-29(4)48/h30-35,38H,2,11-27H2,1,3-10H3,(H,46,48)(H,51,52)/t30-,31-,32+,33-,34+,35-,38+,41-,42-,43+,44+,45+/m0/s1. The third-order valence-corrected chi connectivity index (χ3v) is 18.0. The molecule has 6 fully saturated rings. The third kappa shape index (κ3) is 6.40. The molecule has 1 heterocycles. The van der Waals surface area contributed by atoms with Crippen LogP contribution in [-0.4, -0.2) is 59.0 Å². The van der Waals surface area contributed by atoms with Crippen LogP contribution in [0.1, 0.15) is 159 Å². The first-order valence-electron chi connectivity index (χ1n) is 21.3. The third-order valence-electron chi connectivity index (χ3n) is 18.0. The van der Waals surface area contributed by atoms with E-state index >= 15 is 0 Å². The molecule has 0 spiro atoms. The molecule has 0 aromatic heterocycles. The predicted octanol–water partition coefficient (Wildman–Crippen LogP) is 8.96. The lowest BCUT2D eigenvalue weighted by Crippen LogP contribution is -2.67. The van der Waals surface area contributed by atoms with Crippen molar-refractivity contribution in [1.29, 1.82) is 0 Å². The maximum Gasteiger partial charge on any atom is 0.309 e. The van der Waals surface area contributed by atoms with Crippen LogP contribution in [-0.2, 0) is 23.9 Å². The maximum atomic E-state index is 14.3. The quantitative estimate of drug-likeness (QED) is 0.171. The van der Waals surface area contributed by atoms with Crippen molar-refractivity contribution < 1.29 is 29.0 Å². The second-order valence-corrected chi connectivity index (χ2v) is 20.8. The van der Waals surface area contributed by atoms with Crippen LogP contribution >= 0.6 is 0 Å². The van der Waals surface area contributed by atoms with Crippen LogP contribution in [0.3, 0.4) is 0 Å². The van der Waals surface area contributed by atoms with E-state index in [-0.39, 0.29) is 57.5 Å². The van der Waals surface area contributed by atoms with E-state index in [0.717, 1.165) is 70.8 Å². The zero-order valence-corrected chi connectivity index (χ0v) is 34.7. The van der Waals surface area contributed by atoms with Crippen LogP contribution in [0.25, 0.3) is 0 Å². The van der Waals surface area contributed by atoms with Gasteiger partial charge in [-0.2, -0.15) is 0 Å². The van der Waals surface area contributed by atoms with Crippen molar-refractivity contribution in [3.63, 3.8) is 0 Å². The highest BCUT2D eigenvalue weighted by atomic mass is 16.5. The van der Waals surface area contributed by atoms with Crippen LogP contribution in [0, 0.1) is 62.1 Å². The number of carboxylic acids is 1. The molecule has 2 N–H and O–H groups in total. The molecule has 0 bridgehead atoms. The number of fused-ring (bicyclic) bond motifs is 7. The van der Waals surface area contributed by atoms with Crippen LogP contribution < -0.4 is 5.32 Å². The Morgan fingerprint density at radius 3 is 2.25 bits per heavy atom. The van der Waals surface area contributed by atoms with E-state index in [0.29, 0.717) is 48.5 Å². The molecule has 6 aliphatic rings. The highest BCUT2D eigenvalue weighted by molar-refractivity contribution is 5.81. The molecule has 5 saturated carbocycles. The van der Waals surface area contributed by atoms with Gasteiger partial charge < -0.3 is 20.1 Å². The number of amides is 2. The summed E-state index contributed by atoms with van der Waals surface area (Å²) in [5.74, 6) is 1.37. The van der Waals surface area contributed by atoms with Crippen molar-refractivity contribution >= 4 is 23.8 Å². The second kappa shape index (κ2) is 14.0. The topological polar surface area (TPSA) is 113 Å². The van der Waals surface area contributed by atoms with Gasteiger partial charge >= 0.3 is 11.9 Å². The van der Waals surface area contributed by atoms with Crippen LogP contribution in [0.15, 0.2) is 12.2 Å². The smallest absolute Gasteiger partial charge is 0.309 e. The van der Waals surface area contributed by atoms with E-state index in [4.69, 9.17) is 4.74 Å². The lowest BCUT2D eigenvalue weighted by atomic mass is 9.32. The summed E-state index contributed by atoms with van der Waals surface area (Å²) in [5, 5.41) is 12.6. The van der Waals surface area contributed by atoms with Crippen molar-refractivity contribution in [2.24, 2.45) is 62.1 Å². The molecule has 0 aromatic rings. The van der Waals surface area contributed by atoms with Crippen molar-refractivity contribution in [3.05, 3.63) is 12.2 Å². The molecular formula is C45H72N2O6. The van der Waals surface area contributed by atoms with Crippen LogP contribution in [0.4, 0.5) is 0 Å². The highest BCUT2D eigenvalue weighted by Crippen LogP contribution is 2.78. The first-order chi connectivity index (χ1) is 24.7. The SMILES string of the molecule is C=C(C)[C@@H]1CC[C@]2(CC(=O)N3CCC[C@H]3CNC(C)=O)CC[C@]3(C)[C@H](CC[C@@H]4[C@@]5(C)CC[C@H](OC(=O)CC(C)(C)C(=O)O)[C@@](C)(CC)[C@@H]5CC[C@]43C)[C@@H]12. The van der Waals surface area contributed by atoms with Gasteiger partial charge in [-0.15, -0.1) is 0 Å². The average molecular weight is 737 g/mol. The summed E-state index contributed by atoms with van der Waals surface area (Å²) in [6.45, 7) is 25.4. The van der Waals surface area contributed by atoms with E-state index in [1.807, 2.05) is 0 Å². The number of rotatable bonds is 10. The molecule has 0 radical (unpaired) electrons.